The lowest BCUT2D eigenvalue weighted by Crippen LogP contribution is -2.52. The number of ether oxygens (including phenoxy) is 2. The Morgan fingerprint density at radius 1 is 1.07 bits per heavy atom. The summed E-state index contributed by atoms with van der Waals surface area (Å²) in [7, 11) is 0. The van der Waals surface area contributed by atoms with Crippen molar-refractivity contribution in [1.29, 1.82) is 0 Å². The Labute approximate surface area is 168 Å². The largest absolute Gasteiger partial charge is 0.350 e. The molecule has 1 amide bonds. The molecule has 0 aromatic heterocycles. The fourth-order valence-electron chi connectivity index (χ4n) is 4.62. The van der Waals surface area contributed by atoms with Gasteiger partial charge in [0.25, 0.3) is 0 Å². The minimum Gasteiger partial charge on any atom is -0.350 e. The second-order valence-electron chi connectivity index (χ2n) is 8.39. The minimum absolute atomic E-state index is 0.0666. The quantitative estimate of drug-likeness (QED) is 0.770. The highest BCUT2D eigenvalue weighted by Crippen LogP contribution is 2.25. The van der Waals surface area contributed by atoms with Gasteiger partial charge in [-0.15, -0.1) is 0 Å². The summed E-state index contributed by atoms with van der Waals surface area (Å²) in [4.78, 5) is 19.6. The lowest BCUT2D eigenvalue weighted by atomic mass is 9.97. The van der Waals surface area contributed by atoms with Gasteiger partial charge in [0.15, 0.2) is 6.29 Å². The topological polar surface area (TPSA) is 45.2 Å². The molecule has 0 spiro atoms. The Morgan fingerprint density at radius 3 is 2.61 bits per heavy atom. The molecule has 0 N–H and O–H groups in total. The minimum atomic E-state index is -0.0666. The first-order valence-electron chi connectivity index (χ1n) is 10.7. The number of piperidine rings is 1. The highest BCUT2D eigenvalue weighted by Gasteiger charge is 2.32. The van der Waals surface area contributed by atoms with E-state index in [0.717, 1.165) is 58.7 Å². The first kappa shape index (κ1) is 19.8. The zero-order chi connectivity index (χ0) is 19.3. The van der Waals surface area contributed by atoms with E-state index in [1.807, 2.05) is 4.90 Å². The summed E-state index contributed by atoms with van der Waals surface area (Å²) in [5, 5.41) is 0. The van der Waals surface area contributed by atoms with Crippen LogP contribution in [0.3, 0.4) is 0 Å². The van der Waals surface area contributed by atoms with Gasteiger partial charge in [-0.25, -0.2) is 0 Å². The smallest absolute Gasteiger partial charge is 0.236 e. The number of benzene rings is 1. The number of amides is 1. The van der Waals surface area contributed by atoms with Gasteiger partial charge in [0, 0.05) is 45.2 Å². The second-order valence-corrected chi connectivity index (χ2v) is 8.39. The maximum absolute atomic E-state index is 12.8. The van der Waals surface area contributed by atoms with Crippen molar-refractivity contribution in [3.63, 3.8) is 0 Å². The van der Waals surface area contributed by atoms with Crippen LogP contribution in [0.4, 0.5) is 0 Å². The van der Waals surface area contributed by atoms with Gasteiger partial charge in [0.1, 0.15) is 0 Å². The van der Waals surface area contributed by atoms with Gasteiger partial charge in [-0.05, 0) is 31.9 Å². The number of carbonyl (C=O) groups excluding carboxylic acids is 1. The number of hydrogen-bond acceptors (Lipinski definition) is 5. The molecule has 4 rings (SSSR count). The third-order valence-electron chi connectivity index (χ3n) is 6.15. The van der Waals surface area contributed by atoms with Crippen molar-refractivity contribution in [1.82, 2.24) is 14.7 Å². The molecule has 6 heteroatoms. The molecule has 0 aliphatic carbocycles. The maximum atomic E-state index is 12.8. The molecule has 0 bridgehead atoms. The molecule has 3 saturated heterocycles. The van der Waals surface area contributed by atoms with Gasteiger partial charge >= 0.3 is 0 Å². The van der Waals surface area contributed by atoms with Crippen LogP contribution in [0.5, 0.6) is 0 Å². The predicted molar refractivity (Wildman–Crippen MR) is 108 cm³/mol. The van der Waals surface area contributed by atoms with Crippen molar-refractivity contribution in [3.05, 3.63) is 35.4 Å². The SMILES string of the molecule is Cc1cccc(CN2CCN(C(=O)CN3CCCC(C4OCCO4)C3)CC2)c1. The van der Waals surface area contributed by atoms with Gasteiger partial charge in [-0.2, -0.15) is 0 Å². The zero-order valence-corrected chi connectivity index (χ0v) is 17.0. The molecular formula is C22H33N3O3. The van der Waals surface area contributed by atoms with Crippen LogP contribution in [-0.4, -0.2) is 85.9 Å². The van der Waals surface area contributed by atoms with E-state index in [9.17, 15) is 4.79 Å². The summed E-state index contributed by atoms with van der Waals surface area (Å²) >= 11 is 0. The Kier molecular flexibility index (Phi) is 6.62. The second kappa shape index (κ2) is 9.35. The van der Waals surface area contributed by atoms with Crippen LogP contribution in [0, 0.1) is 12.8 Å². The first-order chi connectivity index (χ1) is 13.7. The fourth-order valence-corrected chi connectivity index (χ4v) is 4.62. The molecule has 3 aliphatic rings. The van der Waals surface area contributed by atoms with E-state index < -0.39 is 0 Å². The molecule has 1 aromatic rings. The Morgan fingerprint density at radius 2 is 1.86 bits per heavy atom. The molecule has 3 fully saturated rings. The van der Waals surface area contributed by atoms with E-state index >= 15 is 0 Å². The predicted octanol–water partition coefficient (Wildman–Crippen LogP) is 1.72. The molecule has 6 nitrogen and oxygen atoms in total. The zero-order valence-electron chi connectivity index (χ0n) is 17.0. The number of piperazine rings is 1. The van der Waals surface area contributed by atoms with E-state index in [1.165, 1.54) is 11.1 Å². The van der Waals surface area contributed by atoms with Gasteiger partial charge in [-0.3, -0.25) is 14.6 Å². The summed E-state index contributed by atoms with van der Waals surface area (Å²) in [5.41, 5.74) is 2.66. The van der Waals surface area contributed by atoms with Crippen molar-refractivity contribution in [3.8, 4) is 0 Å². The molecule has 154 valence electrons. The van der Waals surface area contributed by atoms with Crippen molar-refractivity contribution in [2.45, 2.75) is 32.6 Å². The van der Waals surface area contributed by atoms with Gasteiger partial charge in [-0.1, -0.05) is 29.8 Å². The van der Waals surface area contributed by atoms with Crippen LogP contribution < -0.4 is 0 Å². The average molecular weight is 388 g/mol. The van der Waals surface area contributed by atoms with E-state index in [1.54, 1.807) is 0 Å². The molecule has 0 radical (unpaired) electrons. The average Bonchev–Trinajstić information content (AvgIpc) is 3.24. The third kappa shape index (κ3) is 5.11. The lowest BCUT2D eigenvalue weighted by molar-refractivity contribution is -0.136. The summed E-state index contributed by atoms with van der Waals surface area (Å²) in [5.74, 6) is 0.666. The monoisotopic (exact) mass is 387 g/mol. The van der Waals surface area contributed by atoms with Gasteiger partial charge < -0.3 is 14.4 Å². The van der Waals surface area contributed by atoms with Crippen LogP contribution in [0.15, 0.2) is 24.3 Å². The van der Waals surface area contributed by atoms with Crippen LogP contribution in [0.1, 0.15) is 24.0 Å². The Balaban J connectivity index is 1.21. The Bertz CT molecular complexity index is 654. The lowest BCUT2D eigenvalue weighted by Gasteiger charge is -2.38. The molecular weight excluding hydrogens is 354 g/mol. The molecule has 1 unspecified atom stereocenters. The van der Waals surface area contributed by atoms with Crippen molar-refractivity contribution >= 4 is 5.91 Å². The van der Waals surface area contributed by atoms with E-state index in [-0.39, 0.29) is 12.2 Å². The van der Waals surface area contributed by atoms with E-state index in [4.69, 9.17) is 9.47 Å². The summed E-state index contributed by atoms with van der Waals surface area (Å²) in [6, 6.07) is 8.70. The third-order valence-corrected chi connectivity index (χ3v) is 6.15. The number of carbonyl (C=O) groups is 1. The fraction of sp³-hybridized carbons (Fsp3) is 0.682. The summed E-state index contributed by atoms with van der Waals surface area (Å²) < 4.78 is 11.4. The molecule has 28 heavy (non-hydrogen) atoms. The highest BCUT2D eigenvalue weighted by molar-refractivity contribution is 5.78. The maximum Gasteiger partial charge on any atom is 0.236 e. The molecule has 1 atom stereocenters. The van der Waals surface area contributed by atoms with Crippen LogP contribution in [0.2, 0.25) is 0 Å². The number of aryl methyl sites for hydroxylation is 1. The van der Waals surface area contributed by atoms with Crippen LogP contribution in [-0.2, 0) is 20.8 Å². The summed E-state index contributed by atoms with van der Waals surface area (Å²) in [6.45, 7) is 10.5. The normalized spacial score (nSPS) is 25.3. The van der Waals surface area contributed by atoms with Crippen LogP contribution >= 0.6 is 0 Å². The van der Waals surface area contributed by atoms with Crippen molar-refractivity contribution < 1.29 is 14.3 Å². The van der Waals surface area contributed by atoms with Crippen molar-refractivity contribution in [2.24, 2.45) is 5.92 Å². The number of likely N-dealkylation sites (tertiary alicyclic amines) is 1. The van der Waals surface area contributed by atoms with Gasteiger partial charge in [0.05, 0.1) is 19.8 Å². The molecule has 3 heterocycles. The van der Waals surface area contributed by atoms with E-state index in [0.29, 0.717) is 25.7 Å². The first-order valence-corrected chi connectivity index (χ1v) is 10.7. The van der Waals surface area contributed by atoms with Gasteiger partial charge in [0.2, 0.25) is 5.91 Å². The Hall–Kier alpha value is -1.47. The number of hydrogen-bond donors (Lipinski definition) is 0. The van der Waals surface area contributed by atoms with E-state index in [2.05, 4.69) is 41.0 Å². The number of rotatable bonds is 5. The molecule has 3 aliphatic heterocycles. The standard InChI is InChI=1S/C22H33N3O3/c1-18-4-2-5-19(14-18)15-23-8-10-25(11-9-23)21(26)17-24-7-3-6-20(16-24)22-27-12-13-28-22/h2,4-5,14,20,22H,3,6-13,15-17H2,1H3. The summed E-state index contributed by atoms with van der Waals surface area (Å²) in [6.07, 6.45) is 2.18. The molecule has 1 aromatic carbocycles. The molecule has 0 saturated carbocycles. The van der Waals surface area contributed by atoms with Crippen molar-refractivity contribution in [2.75, 3.05) is 59.0 Å². The highest BCUT2D eigenvalue weighted by atomic mass is 16.7. The van der Waals surface area contributed by atoms with Crippen LogP contribution in [0.25, 0.3) is 0 Å². The number of nitrogens with zero attached hydrogens (tertiary/aromatic N) is 3.